The Hall–Kier alpha value is -2.99. The molecule has 1 N–H and O–H groups in total. The molecule has 0 aliphatic rings. The summed E-state index contributed by atoms with van der Waals surface area (Å²) in [6.45, 7) is 0.747. The Morgan fingerprint density at radius 1 is 1.12 bits per heavy atom. The summed E-state index contributed by atoms with van der Waals surface area (Å²) < 4.78 is 2.97. The van der Waals surface area contributed by atoms with E-state index < -0.39 is 0 Å². The summed E-state index contributed by atoms with van der Waals surface area (Å²) in [7, 11) is 0. The first-order valence-corrected chi connectivity index (χ1v) is 8.31. The molecule has 0 radical (unpaired) electrons. The Balaban J connectivity index is 1.61. The molecular formula is C18H14N4OS. The predicted octanol–water partition coefficient (Wildman–Crippen LogP) is 3.78. The smallest absolute Gasteiger partial charge is 0.213 e. The Morgan fingerprint density at radius 3 is 2.83 bits per heavy atom. The molecule has 0 saturated carbocycles. The third kappa shape index (κ3) is 2.91. The molecular weight excluding hydrogens is 320 g/mol. The van der Waals surface area contributed by atoms with E-state index in [-0.39, 0.29) is 0 Å². The maximum Gasteiger partial charge on any atom is 0.213 e. The highest BCUT2D eigenvalue weighted by molar-refractivity contribution is 7.22. The summed E-state index contributed by atoms with van der Waals surface area (Å²) >= 11 is 1.46. The second-order valence-corrected chi connectivity index (χ2v) is 6.41. The first-order chi connectivity index (χ1) is 11.8. The zero-order valence-electron chi connectivity index (χ0n) is 12.7. The van der Waals surface area contributed by atoms with Gasteiger partial charge in [0.25, 0.3) is 0 Å². The number of fused-ring (bicyclic) bond motifs is 1. The van der Waals surface area contributed by atoms with Crippen LogP contribution in [0.4, 0.5) is 5.13 Å². The molecule has 0 spiro atoms. The number of nitrogens with one attached hydrogen (secondary N) is 1. The standard InChI is InChI=1S/C18H14N4OS/c23-12-19-18-21-16-7-6-14(8-17(16)24-18)15-9-20-22(11-15)10-13-4-2-1-3-5-13/h1-9,11-12H,10H2,(H,19,21,23). The van der Waals surface area contributed by atoms with Crippen LogP contribution >= 0.6 is 11.3 Å². The van der Waals surface area contributed by atoms with Crippen molar-refractivity contribution >= 4 is 33.1 Å². The number of benzene rings is 2. The van der Waals surface area contributed by atoms with Gasteiger partial charge in [-0.25, -0.2) is 4.98 Å². The van der Waals surface area contributed by atoms with Gasteiger partial charge in [-0.05, 0) is 23.3 Å². The number of hydrogen-bond acceptors (Lipinski definition) is 4. The monoisotopic (exact) mass is 334 g/mol. The second-order valence-electron chi connectivity index (χ2n) is 5.38. The van der Waals surface area contributed by atoms with Gasteiger partial charge in [0.2, 0.25) is 6.41 Å². The molecule has 4 aromatic rings. The van der Waals surface area contributed by atoms with Crippen molar-refractivity contribution in [3.8, 4) is 11.1 Å². The van der Waals surface area contributed by atoms with Gasteiger partial charge in [0.05, 0.1) is 23.0 Å². The average molecular weight is 334 g/mol. The van der Waals surface area contributed by atoms with Crippen LogP contribution in [-0.2, 0) is 11.3 Å². The van der Waals surface area contributed by atoms with E-state index in [0.29, 0.717) is 11.5 Å². The fourth-order valence-corrected chi connectivity index (χ4v) is 3.45. The van der Waals surface area contributed by atoms with Gasteiger partial charge in [-0.1, -0.05) is 47.7 Å². The van der Waals surface area contributed by atoms with Crippen LogP contribution in [0.25, 0.3) is 21.3 Å². The maximum atomic E-state index is 10.5. The average Bonchev–Trinajstić information content (AvgIpc) is 3.21. The zero-order valence-corrected chi connectivity index (χ0v) is 13.5. The molecule has 5 nitrogen and oxygen atoms in total. The summed E-state index contributed by atoms with van der Waals surface area (Å²) in [5, 5.41) is 7.65. The summed E-state index contributed by atoms with van der Waals surface area (Å²) in [6.07, 6.45) is 4.56. The fourth-order valence-electron chi connectivity index (χ4n) is 2.59. The van der Waals surface area contributed by atoms with E-state index in [4.69, 9.17) is 0 Å². The van der Waals surface area contributed by atoms with Gasteiger partial charge in [-0.15, -0.1) is 0 Å². The Labute approximate surface area is 142 Å². The number of aromatic nitrogens is 3. The van der Waals surface area contributed by atoms with E-state index in [9.17, 15) is 4.79 Å². The van der Waals surface area contributed by atoms with E-state index in [1.807, 2.05) is 47.4 Å². The highest BCUT2D eigenvalue weighted by Crippen LogP contribution is 2.30. The molecule has 0 fully saturated rings. The van der Waals surface area contributed by atoms with Gasteiger partial charge in [0.15, 0.2) is 5.13 Å². The highest BCUT2D eigenvalue weighted by Gasteiger charge is 2.07. The van der Waals surface area contributed by atoms with E-state index >= 15 is 0 Å². The minimum Gasteiger partial charge on any atom is -0.305 e. The fraction of sp³-hybridized carbons (Fsp3) is 0.0556. The molecule has 24 heavy (non-hydrogen) atoms. The van der Waals surface area contributed by atoms with Crippen molar-refractivity contribution in [3.63, 3.8) is 0 Å². The first kappa shape index (κ1) is 14.6. The minimum absolute atomic E-state index is 0.608. The Kier molecular flexibility index (Phi) is 3.80. The van der Waals surface area contributed by atoms with Crippen LogP contribution in [0.1, 0.15) is 5.56 Å². The maximum absolute atomic E-state index is 10.5. The molecule has 6 heteroatoms. The van der Waals surface area contributed by atoms with E-state index in [0.717, 1.165) is 27.9 Å². The van der Waals surface area contributed by atoms with Gasteiger partial charge in [-0.3, -0.25) is 9.48 Å². The molecule has 118 valence electrons. The van der Waals surface area contributed by atoms with Crippen molar-refractivity contribution in [2.24, 2.45) is 0 Å². The predicted molar refractivity (Wildman–Crippen MR) is 96.1 cm³/mol. The molecule has 0 unspecified atom stereocenters. The summed E-state index contributed by atoms with van der Waals surface area (Å²) in [4.78, 5) is 14.9. The van der Waals surface area contributed by atoms with Gasteiger partial charge < -0.3 is 5.32 Å². The molecule has 0 bridgehead atoms. The molecule has 4 rings (SSSR count). The lowest BCUT2D eigenvalue weighted by molar-refractivity contribution is -0.105. The lowest BCUT2D eigenvalue weighted by Crippen LogP contribution is -1.99. The number of carbonyl (C=O) groups excluding carboxylic acids is 1. The quantitative estimate of drug-likeness (QED) is 0.565. The topological polar surface area (TPSA) is 59.8 Å². The normalized spacial score (nSPS) is 10.8. The molecule has 2 aromatic carbocycles. The number of anilines is 1. The van der Waals surface area contributed by atoms with Crippen LogP contribution in [0.3, 0.4) is 0 Å². The second kappa shape index (κ2) is 6.25. The third-order valence-electron chi connectivity index (χ3n) is 3.72. The highest BCUT2D eigenvalue weighted by atomic mass is 32.1. The van der Waals surface area contributed by atoms with Gasteiger partial charge in [-0.2, -0.15) is 5.10 Å². The molecule has 0 saturated heterocycles. The van der Waals surface area contributed by atoms with Crippen LogP contribution in [0.15, 0.2) is 60.9 Å². The number of rotatable bonds is 5. The van der Waals surface area contributed by atoms with Crippen LogP contribution in [0.2, 0.25) is 0 Å². The van der Waals surface area contributed by atoms with Gasteiger partial charge in [0, 0.05) is 11.8 Å². The SMILES string of the molecule is O=CNc1nc2ccc(-c3cnn(Cc4ccccc4)c3)cc2s1. The third-order valence-corrected chi connectivity index (χ3v) is 4.67. The number of amides is 1. The van der Waals surface area contributed by atoms with Crippen molar-refractivity contribution in [1.82, 2.24) is 14.8 Å². The van der Waals surface area contributed by atoms with E-state index in [1.54, 1.807) is 0 Å². The van der Waals surface area contributed by atoms with E-state index in [2.05, 4.69) is 33.6 Å². The largest absolute Gasteiger partial charge is 0.305 e. The summed E-state index contributed by atoms with van der Waals surface area (Å²) in [5.74, 6) is 0. The molecule has 0 atom stereocenters. The molecule has 0 aliphatic carbocycles. The first-order valence-electron chi connectivity index (χ1n) is 7.49. The van der Waals surface area contributed by atoms with Crippen LogP contribution < -0.4 is 5.32 Å². The Morgan fingerprint density at radius 2 is 2.00 bits per heavy atom. The van der Waals surface area contributed by atoms with Gasteiger partial charge >= 0.3 is 0 Å². The Bertz CT molecular complexity index is 991. The van der Waals surface area contributed by atoms with Crippen molar-refractivity contribution in [2.45, 2.75) is 6.54 Å². The minimum atomic E-state index is 0.608. The summed E-state index contributed by atoms with van der Waals surface area (Å²) in [6, 6.07) is 16.3. The summed E-state index contributed by atoms with van der Waals surface area (Å²) in [5.41, 5.74) is 4.24. The number of thiazole rings is 1. The number of carbonyl (C=O) groups is 1. The number of hydrogen-bond donors (Lipinski definition) is 1. The molecule has 2 aromatic heterocycles. The van der Waals surface area contributed by atoms with Crippen LogP contribution in [0, 0.1) is 0 Å². The van der Waals surface area contributed by atoms with Crippen LogP contribution in [-0.4, -0.2) is 21.2 Å². The van der Waals surface area contributed by atoms with Crippen molar-refractivity contribution in [3.05, 3.63) is 66.5 Å². The lowest BCUT2D eigenvalue weighted by Gasteiger charge is -2.01. The zero-order chi connectivity index (χ0) is 16.4. The molecule has 1 amide bonds. The van der Waals surface area contributed by atoms with Crippen LogP contribution in [0.5, 0.6) is 0 Å². The van der Waals surface area contributed by atoms with Crippen molar-refractivity contribution in [1.29, 1.82) is 0 Å². The van der Waals surface area contributed by atoms with E-state index in [1.165, 1.54) is 16.9 Å². The van der Waals surface area contributed by atoms with Crippen molar-refractivity contribution in [2.75, 3.05) is 5.32 Å². The van der Waals surface area contributed by atoms with Gasteiger partial charge in [0.1, 0.15) is 0 Å². The number of nitrogens with zero attached hydrogens (tertiary/aromatic N) is 3. The molecule has 2 heterocycles. The van der Waals surface area contributed by atoms with Crippen molar-refractivity contribution < 1.29 is 4.79 Å². The lowest BCUT2D eigenvalue weighted by atomic mass is 10.1. The molecule has 0 aliphatic heterocycles.